The van der Waals surface area contributed by atoms with Crippen molar-refractivity contribution in [3.05, 3.63) is 24.3 Å². The van der Waals surface area contributed by atoms with E-state index in [2.05, 4.69) is 5.32 Å². The topological polar surface area (TPSA) is 55.4 Å². The van der Waals surface area contributed by atoms with Crippen LogP contribution in [0.1, 0.15) is 12.8 Å². The van der Waals surface area contributed by atoms with Gasteiger partial charge in [0.05, 0.1) is 10.6 Å². The summed E-state index contributed by atoms with van der Waals surface area (Å²) in [6, 6.07) is 5.80. The molecule has 7 heteroatoms. The van der Waals surface area contributed by atoms with Gasteiger partial charge in [-0.15, -0.1) is 0 Å². The summed E-state index contributed by atoms with van der Waals surface area (Å²) in [6.45, 7) is 1.17. The fourth-order valence-electron chi connectivity index (χ4n) is 1.99. The number of alkyl halides is 2. The molecule has 4 nitrogen and oxygen atoms in total. The molecule has 1 aliphatic heterocycles. The van der Waals surface area contributed by atoms with Gasteiger partial charge in [-0.1, -0.05) is 12.1 Å². The Morgan fingerprint density at radius 1 is 1.21 bits per heavy atom. The van der Waals surface area contributed by atoms with Gasteiger partial charge in [-0.3, -0.25) is 0 Å². The van der Waals surface area contributed by atoms with Gasteiger partial charge in [-0.25, -0.2) is 8.42 Å². The van der Waals surface area contributed by atoms with Crippen molar-refractivity contribution < 1.29 is 21.9 Å². The highest BCUT2D eigenvalue weighted by atomic mass is 32.2. The maximum atomic E-state index is 12.6. The second-order valence-electron chi connectivity index (χ2n) is 4.33. The summed E-state index contributed by atoms with van der Waals surface area (Å²) in [5, 5.41) is 3.02. The number of hydrogen-bond acceptors (Lipinski definition) is 4. The van der Waals surface area contributed by atoms with Crippen molar-refractivity contribution in [3.8, 4) is 0 Å². The molecule has 0 saturated carbocycles. The molecule has 1 aromatic rings. The summed E-state index contributed by atoms with van der Waals surface area (Å²) in [5.41, 5.74) is 0.231. The molecule has 0 amide bonds. The third kappa shape index (κ3) is 3.22. The largest absolute Gasteiger partial charge is 0.381 e. The molecule has 0 radical (unpaired) electrons. The highest BCUT2D eigenvalue weighted by Gasteiger charge is 2.29. The van der Waals surface area contributed by atoms with Crippen LogP contribution in [-0.2, 0) is 14.6 Å². The first-order valence-corrected chi connectivity index (χ1v) is 7.52. The normalized spacial score (nSPS) is 17.6. The first kappa shape index (κ1) is 14.2. The van der Waals surface area contributed by atoms with Crippen molar-refractivity contribution in [2.75, 3.05) is 18.5 Å². The lowest BCUT2D eigenvalue weighted by atomic mass is 10.1. The Morgan fingerprint density at radius 2 is 1.84 bits per heavy atom. The fourth-order valence-corrected chi connectivity index (χ4v) is 2.89. The van der Waals surface area contributed by atoms with Gasteiger partial charge in [-0.05, 0) is 25.0 Å². The molecule has 0 unspecified atom stereocenters. The zero-order valence-electron chi connectivity index (χ0n) is 10.2. The minimum absolute atomic E-state index is 0.0442. The van der Waals surface area contributed by atoms with Crippen LogP contribution in [0, 0.1) is 0 Å². The van der Waals surface area contributed by atoms with Gasteiger partial charge in [0.15, 0.2) is 0 Å². The third-order valence-electron chi connectivity index (χ3n) is 3.01. The van der Waals surface area contributed by atoms with Crippen molar-refractivity contribution in [2.24, 2.45) is 0 Å². The molecule has 0 atom stereocenters. The van der Waals surface area contributed by atoms with E-state index in [4.69, 9.17) is 4.74 Å². The Balaban J connectivity index is 2.26. The average Bonchev–Trinajstić information content (AvgIpc) is 2.40. The second kappa shape index (κ2) is 5.83. The predicted octanol–water partition coefficient (Wildman–Crippen LogP) is 2.27. The molecule has 19 heavy (non-hydrogen) atoms. The maximum Gasteiger partial charge on any atom is 0.341 e. The lowest BCUT2D eigenvalue weighted by molar-refractivity contribution is 0.0904. The Hall–Kier alpha value is -1.21. The van der Waals surface area contributed by atoms with E-state index in [1.165, 1.54) is 18.2 Å². The Labute approximate surface area is 110 Å². The number of nitrogens with one attached hydrogen (secondary N) is 1. The van der Waals surface area contributed by atoms with Gasteiger partial charge in [0.2, 0.25) is 9.84 Å². The predicted molar refractivity (Wildman–Crippen MR) is 67.1 cm³/mol. The lowest BCUT2D eigenvalue weighted by Gasteiger charge is -2.25. The Bertz CT molecular complexity index is 528. The molecule has 1 fully saturated rings. The second-order valence-corrected chi connectivity index (χ2v) is 6.22. The van der Waals surface area contributed by atoms with E-state index in [1.807, 2.05) is 0 Å². The van der Waals surface area contributed by atoms with Crippen LogP contribution in [0.2, 0.25) is 0 Å². The van der Waals surface area contributed by atoms with Crippen LogP contribution in [0.25, 0.3) is 0 Å². The molecule has 2 rings (SSSR count). The van der Waals surface area contributed by atoms with Gasteiger partial charge in [-0.2, -0.15) is 8.78 Å². The van der Waals surface area contributed by atoms with E-state index >= 15 is 0 Å². The van der Waals surface area contributed by atoms with Crippen molar-refractivity contribution >= 4 is 15.5 Å². The zero-order valence-corrected chi connectivity index (χ0v) is 11.0. The molecular weight excluding hydrogens is 276 g/mol. The molecule has 0 aliphatic carbocycles. The number of para-hydroxylation sites is 1. The third-order valence-corrected chi connectivity index (χ3v) is 4.45. The molecule has 1 N–H and O–H groups in total. The first-order chi connectivity index (χ1) is 9.01. The standard InChI is InChI=1S/C12H15F2NO3S/c13-12(14)19(16,17)11-4-2-1-3-10(11)15-9-5-7-18-8-6-9/h1-4,9,12,15H,5-8H2. The number of sulfone groups is 1. The van der Waals surface area contributed by atoms with E-state index in [1.54, 1.807) is 6.07 Å². The van der Waals surface area contributed by atoms with Crippen LogP contribution >= 0.6 is 0 Å². The minimum Gasteiger partial charge on any atom is -0.381 e. The Kier molecular flexibility index (Phi) is 4.36. The fraction of sp³-hybridized carbons (Fsp3) is 0.500. The molecule has 1 heterocycles. The van der Waals surface area contributed by atoms with Gasteiger partial charge in [0.1, 0.15) is 0 Å². The number of ether oxygens (including phenoxy) is 1. The van der Waals surface area contributed by atoms with E-state index in [-0.39, 0.29) is 16.6 Å². The van der Waals surface area contributed by atoms with Crippen molar-refractivity contribution in [3.63, 3.8) is 0 Å². The monoisotopic (exact) mass is 291 g/mol. The summed E-state index contributed by atoms with van der Waals surface area (Å²) in [5.74, 6) is -3.41. The van der Waals surface area contributed by atoms with Crippen molar-refractivity contribution in [1.82, 2.24) is 0 Å². The highest BCUT2D eigenvalue weighted by Crippen LogP contribution is 2.27. The molecule has 1 saturated heterocycles. The lowest BCUT2D eigenvalue weighted by Crippen LogP contribution is -2.28. The molecule has 1 aliphatic rings. The van der Waals surface area contributed by atoms with Crippen LogP contribution in [-0.4, -0.2) is 33.4 Å². The minimum atomic E-state index is -4.59. The average molecular weight is 291 g/mol. The van der Waals surface area contributed by atoms with Crippen LogP contribution in [0.5, 0.6) is 0 Å². The van der Waals surface area contributed by atoms with Crippen molar-refractivity contribution in [1.29, 1.82) is 0 Å². The number of anilines is 1. The Morgan fingerprint density at radius 3 is 2.47 bits per heavy atom. The van der Waals surface area contributed by atoms with E-state index in [9.17, 15) is 17.2 Å². The SMILES string of the molecule is O=S(=O)(c1ccccc1NC1CCOCC1)C(F)F. The molecule has 0 bridgehead atoms. The zero-order chi connectivity index (χ0) is 13.9. The number of halogens is 2. The summed E-state index contributed by atoms with van der Waals surface area (Å²) >= 11 is 0. The molecular formula is C12H15F2NO3S. The van der Waals surface area contributed by atoms with Gasteiger partial charge >= 0.3 is 5.76 Å². The highest BCUT2D eigenvalue weighted by molar-refractivity contribution is 7.91. The van der Waals surface area contributed by atoms with Crippen LogP contribution in [0.4, 0.5) is 14.5 Å². The summed E-state index contributed by atoms with van der Waals surface area (Å²) in [4.78, 5) is -0.350. The van der Waals surface area contributed by atoms with Crippen LogP contribution in [0.15, 0.2) is 29.2 Å². The smallest absolute Gasteiger partial charge is 0.341 e. The van der Waals surface area contributed by atoms with Crippen molar-refractivity contribution in [2.45, 2.75) is 29.5 Å². The van der Waals surface area contributed by atoms with E-state index < -0.39 is 15.6 Å². The summed E-state index contributed by atoms with van der Waals surface area (Å²) < 4.78 is 53.6. The van der Waals surface area contributed by atoms with Crippen LogP contribution in [0.3, 0.4) is 0 Å². The van der Waals surface area contributed by atoms with Crippen LogP contribution < -0.4 is 5.32 Å². The molecule has 0 spiro atoms. The van der Waals surface area contributed by atoms with Gasteiger partial charge < -0.3 is 10.1 Å². The maximum absolute atomic E-state index is 12.6. The molecule has 106 valence electrons. The molecule has 0 aromatic heterocycles. The quantitative estimate of drug-likeness (QED) is 0.924. The first-order valence-electron chi connectivity index (χ1n) is 5.97. The van der Waals surface area contributed by atoms with E-state index in [0.29, 0.717) is 13.2 Å². The molecule has 1 aromatic carbocycles. The summed E-state index contributed by atoms with van der Waals surface area (Å²) in [6.07, 6.45) is 1.45. The number of hydrogen-bond donors (Lipinski definition) is 1. The number of rotatable bonds is 4. The van der Waals surface area contributed by atoms with Gasteiger partial charge in [0.25, 0.3) is 0 Å². The number of benzene rings is 1. The van der Waals surface area contributed by atoms with E-state index in [0.717, 1.165) is 12.8 Å². The summed E-state index contributed by atoms with van der Waals surface area (Å²) in [7, 11) is -4.59. The van der Waals surface area contributed by atoms with Gasteiger partial charge in [0, 0.05) is 19.3 Å².